The molecule has 2 heterocycles. The highest BCUT2D eigenvalue weighted by atomic mass is 16.5. The quantitative estimate of drug-likeness (QED) is 0.909. The van der Waals surface area contributed by atoms with E-state index >= 15 is 0 Å². The zero-order valence-electron chi connectivity index (χ0n) is 10.8. The lowest BCUT2D eigenvalue weighted by molar-refractivity contribution is -0.139. The number of fused-ring (bicyclic) bond motifs is 2. The summed E-state index contributed by atoms with van der Waals surface area (Å²) >= 11 is 0. The molecule has 2 aromatic rings. The molecule has 3 rings (SSSR count). The van der Waals surface area contributed by atoms with Gasteiger partial charge in [0.15, 0.2) is 6.61 Å². The lowest BCUT2D eigenvalue weighted by Gasteiger charge is -2.17. The normalized spacial score (nSPS) is 14.0. The first kappa shape index (κ1) is 12.7. The number of aromatic nitrogens is 2. The second-order valence-electron chi connectivity index (χ2n) is 4.80. The third kappa shape index (κ3) is 2.24. The van der Waals surface area contributed by atoms with E-state index in [0.717, 1.165) is 25.1 Å². The van der Waals surface area contributed by atoms with Gasteiger partial charge in [-0.15, -0.1) is 0 Å². The Bertz CT molecular complexity index is 736. The van der Waals surface area contributed by atoms with Crippen molar-refractivity contribution in [2.24, 2.45) is 0 Å². The zero-order valence-corrected chi connectivity index (χ0v) is 10.8. The van der Waals surface area contributed by atoms with Gasteiger partial charge in [-0.25, -0.2) is 9.78 Å². The monoisotopic (exact) mass is 274 g/mol. The number of rotatable bonds is 3. The average molecular weight is 274 g/mol. The molecular formula is C14H14N2O4. The average Bonchev–Trinajstić information content (AvgIpc) is 2.46. The topological polar surface area (TPSA) is 81.4 Å². The lowest BCUT2D eigenvalue weighted by atomic mass is 10.1. The summed E-state index contributed by atoms with van der Waals surface area (Å²) in [5.74, 6) is 0.147. The zero-order chi connectivity index (χ0) is 14.1. The minimum absolute atomic E-state index is 0.0783. The molecule has 0 fully saturated rings. The summed E-state index contributed by atoms with van der Waals surface area (Å²) in [7, 11) is 0. The minimum Gasteiger partial charge on any atom is -0.482 e. The molecule has 0 amide bonds. The number of benzene rings is 1. The molecule has 1 aliphatic heterocycles. The first-order valence-corrected chi connectivity index (χ1v) is 6.53. The smallest absolute Gasteiger partial charge is 0.341 e. The van der Waals surface area contributed by atoms with Gasteiger partial charge >= 0.3 is 5.97 Å². The van der Waals surface area contributed by atoms with Gasteiger partial charge in [-0.05, 0) is 31.0 Å². The van der Waals surface area contributed by atoms with Gasteiger partial charge in [0.2, 0.25) is 0 Å². The molecule has 20 heavy (non-hydrogen) atoms. The van der Waals surface area contributed by atoms with Crippen molar-refractivity contribution >= 4 is 16.9 Å². The maximum absolute atomic E-state index is 12.4. The van der Waals surface area contributed by atoms with Gasteiger partial charge in [0.05, 0.1) is 10.9 Å². The lowest BCUT2D eigenvalue weighted by Crippen LogP contribution is -2.28. The Morgan fingerprint density at radius 1 is 1.40 bits per heavy atom. The number of ether oxygens (including phenoxy) is 1. The molecule has 1 aliphatic rings. The number of carboxylic acid groups (broad SMARTS) is 1. The van der Waals surface area contributed by atoms with E-state index in [0.29, 0.717) is 23.2 Å². The molecule has 0 atom stereocenters. The molecule has 0 saturated carbocycles. The minimum atomic E-state index is -1.05. The van der Waals surface area contributed by atoms with Crippen LogP contribution in [-0.2, 0) is 17.8 Å². The summed E-state index contributed by atoms with van der Waals surface area (Å²) in [6.45, 7) is 0.266. The van der Waals surface area contributed by atoms with Crippen LogP contribution in [0, 0.1) is 0 Å². The van der Waals surface area contributed by atoms with Crippen LogP contribution in [0.3, 0.4) is 0 Å². The number of aliphatic carboxylic acids is 1. The van der Waals surface area contributed by atoms with Gasteiger partial charge in [-0.3, -0.25) is 9.36 Å². The summed E-state index contributed by atoms with van der Waals surface area (Å²) in [6.07, 6.45) is 2.86. The number of aryl methyl sites for hydroxylation is 1. The number of hydrogen-bond acceptors (Lipinski definition) is 4. The standard InChI is InChI=1S/C14H14N2O4/c17-13(18)8-20-9-4-5-11-10(7-9)14(19)16-6-2-1-3-12(16)15-11/h4-5,7H,1-3,6,8H2,(H,17,18). The van der Waals surface area contributed by atoms with Crippen molar-refractivity contribution < 1.29 is 14.6 Å². The molecule has 1 aromatic heterocycles. The highest BCUT2D eigenvalue weighted by Gasteiger charge is 2.15. The summed E-state index contributed by atoms with van der Waals surface area (Å²) in [5.41, 5.74) is 0.552. The van der Waals surface area contributed by atoms with Gasteiger partial charge in [-0.1, -0.05) is 0 Å². The van der Waals surface area contributed by atoms with Crippen LogP contribution in [0.5, 0.6) is 5.75 Å². The summed E-state index contributed by atoms with van der Waals surface area (Å²) in [4.78, 5) is 27.4. The van der Waals surface area contributed by atoms with Crippen molar-refractivity contribution in [3.8, 4) is 5.75 Å². The van der Waals surface area contributed by atoms with E-state index in [1.54, 1.807) is 22.8 Å². The van der Waals surface area contributed by atoms with E-state index in [1.165, 1.54) is 0 Å². The predicted molar refractivity (Wildman–Crippen MR) is 72.1 cm³/mol. The van der Waals surface area contributed by atoms with Crippen LogP contribution in [-0.4, -0.2) is 27.2 Å². The number of nitrogens with zero attached hydrogens (tertiary/aromatic N) is 2. The van der Waals surface area contributed by atoms with E-state index in [1.807, 2.05) is 0 Å². The van der Waals surface area contributed by atoms with Crippen molar-refractivity contribution in [3.63, 3.8) is 0 Å². The number of carboxylic acids is 1. The van der Waals surface area contributed by atoms with Crippen LogP contribution in [0.4, 0.5) is 0 Å². The molecule has 6 heteroatoms. The Kier molecular flexibility index (Phi) is 3.14. The molecule has 1 aromatic carbocycles. The van der Waals surface area contributed by atoms with Gasteiger partial charge in [-0.2, -0.15) is 0 Å². The largest absolute Gasteiger partial charge is 0.482 e. The summed E-state index contributed by atoms with van der Waals surface area (Å²) in [5, 5.41) is 9.07. The molecule has 0 unspecified atom stereocenters. The summed E-state index contributed by atoms with van der Waals surface area (Å²) in [6, 6.07) is 4.90. The highest BCUT2D eigenvalue weighted by Crippen LogP contribution is 2.19. The Labute approximate surface area is 114 Å². The van der Waals surface area contributed by atoms with E-state index in [2.05, 4.69) is 4.98 Å². The Morgan fingerprint density at radius 3 is 3.05 bits per heavy atom. The molecule has 1 N–H and O–H groups in total. The van der Waals surface area contributed by atoms with E-state index in [4.69, 9.17) is 9.84 Å². The molecule has 0 bridgehead atoms. The van der Waals surface area contributed by atoms with E-state index in [-0.39, 0.29) is 5.56 Å². The second-order valence-corrected chi connectivity index (χ2v) is 4.80. The van der Waals surface area contributed by atoms with Crippen molar-refractivity contribution in [2.45, 2.75) is 25.8 Å². The van der Waals surface area contributed by atoms with Gasteiger partial charge in [0.25, 0.3) is 5.56 Å². The molecule has 0 aliphatic carbocycles. The van der Waals surface area contributed by atoms with Crippen LogP contribution in [0.25, 0.3) is 10.9 Å². The van der Waals surface area contributed by atoms with Crippen molar-refractivity contribution in [1.82, 2.24) is 9.55 Å². The van der Waals surface area contributed by atoms with Gasteiger partial charge < -0.3 is 9.84 Å². The molecule has 0 saturated heterocycles. The first-order chi connectivity index (χ1) is 9.65. The Balaban J connectivity index is 2.07. The molecule has 0 radical (unpaired) electrons. The maximum atomic E-state index is 12.4. The molecule has 0 spiro atoms. The second kappa shape index (κ2) is 4.96. The van der Waals surface area contributed by atoms with Crippen LogP contribution in [0.1, 0.15) is 18.7 Å². The van der Waals surface area contributed by atoms with Crippen molar-refractivity contribution in [3.05, 3.63) is 34.4 Å². The van der Waals surface area contributed by atoms with Gasteiger partial charge in [0, 0.05) is 13.0 Å². The van der Waals surface area contributed by atoms with E-state index < -0.39 is 12.6 Å². The van der Waals surface area contributed by atoms with Crippen LogP contribution < -0.4 is 10.3 Å². The number of hydrogen-bond donors (Lipinski definition) is 1. The van der Waals surface area contributed by atoms with Gasteiger partial charge in [0.1, 0.15) is 11.6 Å². The molecule has 6 nitrogen and oxygen atoms in total. The fraction of sp³-hybridized carbons (Fsp3) is 0.357. The maximum Gasteiger partial charge on any atom is 0.341 e. The highest BCUT2D eigenvalue weighted by molar-refractivity contribution is 5.79. The third-order valence-corrected chi connectivity index (χ3v) is 3.40. The Morgan fingerprint density at radius 2 is 2.25 bits per heavy atom. The van der Waals surface area contributed by atoms with Crippen LogP contribution >= 0.6 is 0 Å². The SMILES string of the molecule is O=C(O)COc1ccc2nc3n(c(=O)c2c1)CCCC3. The van der Waals surface area contributed by atoms with Crippen molar-refractivity contribution in [1.29, 1.82) is 0 Å². The third-order valence-electron chi connectivity index (χ3n) is 3.40. The van der Waals surface area contributed by atoms with Crippen LogP contribution in [0.2, 0.25) is 0 Å². The van der Waals surface area contributed by atoms with Crippen LogP contribution in [0.15, 0.2) is 23.0 Å². The first-order valence-electron chi connectivity index (χ1n) is 6.53. The molecule has 104 valence electrons. The summed E-state index contributed by atoms with van der Waals surface area (Å²) < 4.78 is 6.80. The number of carbonyl (C=O) groups is 1. The fourth-order valence-corrected chi connectivity index (χ4v) is 2.46. The van der Waals surface area contributed by atoms with E-state index in [9.17, 15) is 9.59 Å². The predicted octanol–water partition coefficient (Wildman–Crippen LogP) is 1.20. The molecular weight excluding hydrogens is 260 g/mol. The fourth-order valence-electron chi connectivity index (χ4n) is 2.46. The Hall–Kier alpha value is -2.37. The van der Waals surface area contributed by atoms with Crippen molar-refractivity contribution in [2.75, 3.05) is 6.61 Å².